The van der Waals surface area contributed by atoms with Gasteiger partial charge in [0.15, 0.2) is 5.78 Å². The Morgan fingerprint density at radius 2 is 1.88 bits per heavy atom. The first kappa shape index (κ1) is 21.5. The van der Waals surface area contributed by atoms with Crippen molar-refractivity contribution in [2.24, 2.45) is 5.41 Å². The maximum atomic E-state index is 13.8. The molecule has 5 rings (SSSR count). The number of aromatic nitrogens is 1. The third kappa shape index (κ3) is 3.76. The molecular weight excluding hydrogens is 434 g/mol. The zero-order valence-corrected chi connectivity index (χ0v) is 19.5. The second kappa shape index (κ2) is 7.92. The number of carbonyl (C=O) groups excluding carboxylic acids is 1. The lowest BCUT2D eigenvalue weighted by Gasteiger charge is -2.34. The zero-order valence-electron chi connectivity index (χ0n) is 18.7. The van der Waals surface area contributed by atoms with Gasteiger partial charge in [0.25, 0.3) is 5.56 Å². The predicted molar refractivity (Wildman–Crippen MR) is 135 cm³/mol. The van der Waals surface area contributed by atoms with Crippen molar-refractivity contribution < 1.29 is 4.79 Å². The number of anilines is 2. The average Bonchev–Trinajstić information content (AvgIpc) is 2.91. The van der Waals surface area contributed by atoms with Crippen LogP contribution in [-0.2, 0) is 11.3 Å². The molecule has 1 atom stereocenters. The molecule has 2 heterocycles. The van der Waals surface area contributed by atoms with Crippen molar-refractivity contribution >= 4 is 39.7 Å². The molecule has 1 unspecified atom stereocenters. The maximum absolute atomic E-state index is 13.8. The molecule has 33 heavy (non-hydrogen) atoms. The first-order valence-corrected chi connectivity index (χ1v) is 11.5. The zero-order chi connectivity index (χ0) is 23.3. The van der Waals surface area contributed by atoms with E-state index in [1.54, 1.807) is 16.7 Å². The molecule has 6 heteroatoms. The highest BCUT2D eigenvalue weighted by Crippen LogP contribution is 2.45. The Hall–Kier alpha value is -3.31. The minimum absolute atomic E-state index is 0.0601. The monoisotopic (exact) mass is 459 g/mol. The Balaban J connectivity index is 1.79. The Morgan fingerprint density at radius 3 is 2.64 bits per heavy atom. The summed E-state index contributed by atoms with van der Waals surface area (Å²) in [5.74, 6) is 0.0601. The molecule has 0 spiro atoms. The maximum Gasteiger partial charge on any atom is 0.256 e. The summed E-state index contributed by atoms with van der Waals surface area (Å²) in [6.07, 6.45) is 2.86. The number of allylic oxidation sites excluding steroid dienone is 2. The van der Waals surface area contributed by atoms with E-state index in [1.807, 2.05) is 42.5 Å². The van der Waals surface area contributed by atoms with Gasteiger partial charge in [-0.2, -0.15) is 0 Å². The van der Waals surface area contributed by atoms with Gasteiger partial charge in [-0.05, 0) is 47.6 Å². The molecule has 2 aliphatic rings. The lowest BCUT2D eigenvalue weighted by atomic mass is 9.73. The third-order valence-electron chi connectivity index (χ3n) is 6.43. The van der Waals surface area contributed by atoms with E-state index in [4.69, 9.17) is 11.6 Å². The highest BCUT2D eigenvalue weighted by Gasteiger charge is 2.39. The van der Waals surface area contributed by atoms with Crippen molar-refractivity contribution in [2.45, 2.75) is 39.3 Å². The van der Waals surface area contributed by atoms with E-state index in [0.29, 0.717) is 29.1 Å². The van der Waals surface area contributed by atoms with Gasteiger partial charge < -0.3 is 15.2 Å². The van der Waals surface area contributed by atoms with Crippen LogP contribution in [0, 0.1) is 5.41 Å². The number of nitrogens with one attached hydrogen (secondary N) is 2. The minimum atomic E-state index is -0.566. The van der Waals surface area contributed by atoms with Crippen LogP contribution in [0.4, 0.5) is 11.4 Å². The Kier molecular flexibility index (Phi) is 5.17. The van der Waals surface area contributed by atoms with Crippen molar-refractivity contribution in [3.63, 3.8) is 0 Å². The molecule has 3 aromatic rings. The Bertz CT molecular complexity index is 1400. The smallest absolute Gasteiger partial charge is 0.256 e. The molecule has 0 saturated carbocycles. The van der Waals surface area contributed by atoms with Crippen molar-refractivity contribution in [3.8, 4) is 0 Å². The Morgan fingerprint density at radius 1 is 1.12 bits per heavy atom. The van der Waals surface area contributed by atoms with E-state index < -0.39 is 6.04 Å². The van der Waals surface area contributed by atoms with E-state index in [9.17, 15) is 9.59 Å². The summed E-state index contributed by atoms with van der Waals surface area (Å²) >= 11 is 6.23. The largest absolute Gasteiger partial charge is 0.372 e. The summed E-state index contributed by atoms with van der Waals surface area (Å²) in [5.41, 5.74) is 4.23. The van der Waals surface area contributed by atoms with Crippen molar-refractivity contribution in [1.82, 2.24) is 4.57 Å². The van der Waals surface area contributed by atoms with E-state index in [1.165, 1.54) is 0 Å². The van der Waals surface area contributed by atoms with Gasteiger partial charge in [0.2, 0.25) is 0 Å². The highest BCUT2D eigenvalue weighted by atomic mass is 35.5. The van der Waals surface area contributed by atoms with E-state index >= 15 is 0 Å². The molecule has 5 nitrogen and oxygen atoms in total. The van der Waals surface area contributed by atoms with E-state index in [-0.39, 0.29) is 16.8 Å². The summed E-state index contributed by atoms with van der Waals surface area (Å²) in [6, 6.07) is 14.7. The number of fused-ring (bicyclic) bond motifs is 2. The van der Waals surface area contributed by atoms with Gasteiger partial charge >= 0.3 is 0 Å². The van der Waals surface area contributed by atoms with Gasteiger partial charge in [-0.3, -0.25) is 9.59 Å². The minimum Gasteiger partial charge on any atom is -0.372 e. The van der Waals surface area contributed by atoms with Crippen LogP contribution >= 0.6 is 11.6 Å². The van der Waals surface area contributed by atoms with Crippen LogP contribution < -0.4 is 16.2 Å². The van der Waals surface area contributed by atoms with Crippen LogP contribution in [0.2, 0.25) is 5.02 Å². The van der Waals surface area contributed by atoms with Crippen LogP contribution in [0.5, 0.6) is 0 Å². The van der Waals surface area contributed by atoms with Gasteiger partial charge in [0.1, 0.15) is 0 Å². The van der Waals surface area contributed by atoms with Gasteiger partial charge in [0, 0.05) is 34.8 Å². The molecule has 1 aliphatic heterocycles. The summed E-state index contributed by atoms with van der Waals surface area (Å²) in [6.45, 7) is 8.38. The molecule has 2 aromatic carbocycles. The van der Waals surface area contributed by atoms with E-state index in [2.05, 4.69) is 31.1 Å². The van der Waals surface area contributed by atoms with Crippen LogP contribution in [0.3, 0.4) is 0 Å². The molecule has 1 aromatic heterocycles. The molecule has 0 bridgehead atoms. The lowest BCUT2D eigenvalue weighted by Crippen LogP contribution is -2.34. The number of benzene rings is 2. The standard InChI is InChI=1S/C27H26ClN3O2/c1-4-11-31-22-13-17(28)10-9-16(22)12-18(26(31)33)25-24-21(14-27(2,3)15-23(24)32)29-19-7-5-6-8-20(19)30-25/h4-10,12-13,25,29-30H,1,11,14-15H2,2-3H3. The number of hydrogen-bond donors (Lipinski definition) is 2. The van der Waals surface area contributed by atoms with Crippen molar-refractivity contribution in [2.75, 3.05) is 10.6 Å². The second-order valence-electron chi connectivity index (χ2n) is 9.59. The fourth-order valence-electron chi connectivity index (χ4n) is 5.01. The first-order chi connectivity index (χ1) is 15.8. The van der Waals surface area contributed by atoms with Crippen LogP contribution in [-0.4, -0.2) is 10.4 Å². The molecule has 0 saturated heterocycles. The number of rotatable bonds is 3. The second-order valence-corrected chi connectivity index (χ2v) is 10.0. The van der Waals surface area contributed by atoms with Gasteiger partial charge in [0.05, 0.1) is 22.9 Å². The van der Waals surface area contributed by atoms with Crippen LogP contribution in [0.15, 0.2) is 77.3 Å². The first-order valence-electron chi connectivity index (χ1n) is 11.1. The summed E-state index contributed by atoms with van der Waals surface area (Å²) in [5, 5.41) is 8.46. The molecule has 0 amide bonds. The number of Topliss-reactive ketones (excluding diaryl/α,β-unsaturated/α-hetero) is 1. The Labute approximate surface area is 197 Å². The number of pyridine rings is 1. The number of carbonyl (C=O) groups is 1. The number of nitrogens with zero attached hydrogens (tertiary/aromatic N) is 1. The third-order valence-corrected chi connectivity index (χ3v) is 6.67. The molecule has 0 radical (unpaired) electrons. The quantitative estimate of drug-likeness (QED) is 0.467. The summed E-state index contributed by atoms with van der Waals surface area (Å²) < 4.78 is 1.67. The van der Waals surface area contributed by atoms with Gasteiger partial charge in [-0.15, -0.1) is 6.58 Å². The number of para-hydroxylation sites is 2. The SMILES string of the molecule is C=CCn1c(=O)c(C2Nc3ccccc3NC3=C2C(=O)CC(C)(C)C3)cc2ccc(Cl)cc21. The topological polar surface area (TPSA) is 63.1 Å². The summed E-state index contributed by atoms with van der Waals surface area (Å²) in [4.78, 5) is 27.3. The highest BCUT2D eigenvalue weighted by molar-refractivity contribution is 6.31. The predicted octanol–water partition coefficient (Wildman–Crippen LogP) is 6.06. The number of halogens is 1. The molecule has 0 fully saturated rings. The van der Waals surface area contributed by atoms with E-state index in [0.717, 1.165) is 34.4 Å². The molecule has 168 valence electrons. The molecule has 1 aliphatic carbocycles. The van der Waals surface area contributed by atoms with Gasteiger partial charge in [-0.25, -0.2) is 0 Å². The van der Waals surface area contributed by atoms with Crippen LogP contribution in [0.25, 0.3) is 10.9 Å². The average molecular weight is 460 g/mol. The summed E-state index contributed by atoms with van der Waals surface area (Å²) in [7, 11) is 0. The molecule has 2 N–H and O–H groups in total. The number of hydrogen-bond acceptors (Lipinski definition) is 4. The van der Waals surface area contributed by atoms with Crippen molar-refractivity contribution in [3.05, 3.63) is 93.4 Å². The van der Waals surface area contributed by atoms with Crippen LogP contribution in [0.1, 0.15) is 38.3 Å². The number of ketones is 1. The molecular formula is C27H26ClN3O2. The van der Waals surface area contributed by atoms with Crippen molar-refractivity contribution in [1.29, 1.82) is 0 Å². The fourth-order valence-corrected chi connectivity index (χ4v) is 5.17. The fraction of sp³-hybridized carbons (Fsp3) is 0.259. The lowest BCUT2D eigenvalue weighted by molar-refractivity contribution is -0.118. The normalized spacial score (nSPS) is 19.2. The van der Waals surface area contributed by atoms with Gasteiger partial charge in [-0.1, -0.05) is 49.7 Å².